The van der Waals surface area contributed by atoms with Gasteiger partial charge in [0.2, 0.25) is 0 Å². The highest BCUT2D eigenvalue weighted by Crippen LogP contribution is 2.39. The summed E-state index contributed by atoms with van der Waals surface area (Å²) in [6.07, 6.45) is -5.87. The molecule has 0 radical (unpaired) electrons. The van der Waals surface area contributed by atoms with Gasteiger partial charge in [-0.05, 0) is 30.7 Å². The zero-order valence-electron chi connectivity index (χ0n) is 23.1. The lowest BCUT2D eigenvalue weighted by atomic mass is 10.1. The molecular weight excluding hydrogens is 640 g/mol. The molecule has 18 heteroatoms. The van der Waals surface area contributed by atoms with Crippen LogP contribution in [-0.2, 0) is 15.6 Å². The number of nitrogens with zero attached hydrogens (tertiary/aromatic N) is 3. The summed E-state index contributed by atoms with van der Waals surface area (Å²) in [6.45, 7) is 0.841. The van der Waals surface area contributed by atoms with Crippen molar-refractivity contribution in [3.05, 3.63) is 58.1 Å². The van der Waals surface area contributed by atoms with Gasteiger partial charge in [-0.15, -0.1) is 0 Å². The maximum atomic E-state index is 15.0. The van der Waals surface area contributed by atoms with E-state index in [9.17, 15) is 31.7 Å². The largest absolute Gasteiger partial charge is 0.469 e. The Kier molecular flexibility index (Phi) is 10.7. The first-order valence-corrected chi connectivity index (χ1v) is 15.4. The SMILES string of the molecule is O=C(Nc1ccc(Cl)cc1N1CCN(CCC(F)(F)F)CC1)c1ccc(CNC(=O)N2CCC(OP(=O)(O)O)C2)c(F)c1F. The van der Waals surface area contributed by atoms with Gasteiger partial charge in [0.25, 0.3) is 5.91 Å². The molecule has 0 saturated carbocycles. The Balaban J connectivity index is 1.37. The Morgan fingerprint density at radius 2 is 1.75 bits per heavy atom. The van der Waals surface area contributed by atoms with Gasteiger partial charge >= 0.3 is 20.0 Å². The van der Waals surface area contributed by atoms with Gasteiger partial charge in [-0.3, -0.25) is 14.2 Å². The molecule has 1 atom stereocenters. The fourth-order valence-corrected chi connectivity index (χ4v) is 5.66. The van der Waals surface area contributed by atoms with Gasteiger partial charge < -0.3 is 30.2 Å². The van der Waals surface area contributed by atoms with E-state index in [2.05, 4.69) is 15.2 Å². The normalized spacial score (nSPS) is 18.0. The molecule has 0 aromatic heterocycles. The summed E-state index contributed by atoms with van der Waals surface area (Å²) in [7, 11) is -4.73. The standard InChI is InChI=1S/C26H30ClF5N5O6P/c27-17-2-4-20(21(13-17)36-11-9-35(10-12-36)8-6-26(30,31)32)34-24(38)19-3-1-16(22(28)23(19)29)14-33-25(39)37-7-5-18(15-37)43-44(40,41)42/h1-4,13,18H,5-12,14-15H2,(H,33,39)(H,34,38)(H2,40,41,42). The van der Waals surface area contributed by atoms with E-state index in [0.717, 1.165) is 12.1 Å². The molecular formula is C26H30ClF5N5O6P. The average Bonchev–Trinajstić information content (AvgIpc) is 3.40. The van der Waals surface area contributed by atoms with E-state index >= 15 is 4.39 Å². The van der Waals surface area contributed by atoms with E-state index in [1.807, 2.05) is 4.90 Å². The van der Waals surface area contributed by atoms with E-state index in [1.165, 1.54) is 17.0 Å². The van der Waals surface area contributed by atoms with Gasteiger partial charge in [-0.1, -0.05) is 17.7 Å². The van der Waals surface area contributed by atoms with E-state index in [0.29, 0.717) is 36.9 Å². The molecule has 0 aliphatic carbocycles. The molecule has 44 heavy (non-hydrogen) atoms. The van der Waals surface area contributed by atoms with Crippen molar-refractivity contribution in [1.29, 1.82) is 0 Å². The molecule has 3 amide bonds. The van der Waals surface area contributed by atoms with Crippen LogP contribution in [0.4, 0.5) is 38.1 Å². The fourth-order valence-electron chi connectivity index (χ4n) is 4.94. The van der Waals surface area contributed by atoms with Crippen molar-refractivity contribution >= 4 is 42.7 Å². The summed E-state index contributed by atoms with van der Waals surface area (Å²) in [5, 5.41) is 5.29. The lowest BCUT2D eigenvalue weighted by Gasteiger charge is -2.37. The maximum Gasteiger partial charge on any atom is 0.469 e. The van der Waals surface area contributed by atoms with Gasteiger partial charge in [-0.25, -0.2) is 18.1 Å². The number of urea groups is 1. The van der Waals surface area contributed by atoms with Gasteiger partial charge in [-0.2, -0.15) is 13.2 Å². The van der Waals surface area contributed by atoms with Crippen molar-refractivity contribution in [3.8, 4) is 0 Å². The molecule has 2 heterocycles. The summed E-state index contributed by atoms with van der Waals surface area (Å²) in [6, 6.07) is 6.05. The van der Waals surface area contributed by atoms with Gasteiger partial charge in [0, 0.05) is 62.9 Å². The summed E-state index contributed by atoms with van der Waals surface area (Å²) in [4.78, 5) is 47.9. The first kappa shape index (κ1) is 33.9. The predicted octanol–water partition coefficient (Wildman–Crippen LogP) is 4.34. The van der Waals surface area contributed by atoms with Crippen LogP contribution in [0.25, 0.3) is 0 Å². The Hall–Kier alpha value is -3.01. The van der Waals surface area contributed by atoms with Gasteiger partial charge in [0.15, 0.2) is 11.6 Å². The zero-order chi connectivity index (χ0) is 32.2. The summed E-state index contributed by atoms with van der Waals surface area (Å²) < 4.78 is 83.2. The lowest BCUT2D eigenvalue weighted by Crippen LogP contribution is -2.47. The molecule has 242 valence electrons. The fraction of sp³-hybridized carbons (Fsp3) is 0.462. The second kappa shape index (κ2) is 14.0. The third-order valence-corrected chi connectivity index (χ3v) is 8.00. The number of halogens is 6. The van der Waals surface area contributed by atoms with Crippen LogP contribution < -0.4 is 15.5 Å². The van der Waals surface area contributed by atoms with E-state index in [4.69, 9.17) is 21.4 Å². The molecule has 2 fully saturated rings. The monoisotopic (exact) mass is 669 g/mol. The van der Waals surface area contributed by atoms with Crippen molar-refractivity contribution in [2.24, 2.45) is 0 Å². The molecule has 0 spiro atoms. The number of carbonyl (C=O) groups excluding carboxylic acids is 2. The van der Waals surface area contributed by atoms with Gasteiger partial charge in [0.05, 0.1) is 29.5 Å². The molecule has 2 aromatic rings. The first-order valence-electron chi connectivity index (χ1n) is 13.5. The average molecular weight is 670 g/mol. The number of rotatable bonds is 9. The Bertz CT molecular complexity index is 1420. The summed E-state index contributed by atoms with van der Waals surface area (Å²) in [5.41, 5.74) is -0.138. The Morgan fingerprint density at radius 3 is 2.41 bits per heavy atom. The van der Waals surface area contributed by atoms with Crippen molar-refractivity contribution in [2.75, 3.05) is 56.0 Å². The highest BCUT2D eigenvalue weighted by molar-refractivity contribution is 7.46. The summed E-state index contributed by atoms with van der Waals surface area (Å²) in [5.74, 6) is -3.76. The topological polar surface area (TPSA) is 135 Å². The number of hydrogen-bond donors (Lipinski definition) is 4. The Morgan fingerprint density at radius 1 is 1.05 bits per heavy atom. The van der Waals surface area contributed by atoms with Crippen molar-refractivity contribution in [3.63, 3.8) is 0 Å². The number of likely N-dealkylation sites (tertiary alicyclic amines) is 1. The third kappa shape index (κ3) is 9.25. The van der Waals surface area contributed by atoms with Crippen LogP contribution in [-0.4, -0.2) is 89.6 Å². The quantitative estimate of drug-likeness (QED) is 0.229. The number of anilines is 2. The van der Waals surface area contributed by atoms with Crippen molar-refractivity contribution in [1.82, 2.24) is 15.1 Å². The highest BCUT2D eigenvalue weighted by Gasteiger charge is 2.32. The second-order valence-corrected chi connectivity index (χ2v) is 11.9. The molecule has 2 saturated heterocycles. The number of phosphoric ester groups is 1. The molecule has 0 bridgehead atoms. The molecule has 2 aliphatic heterocycles. The number of nitrogens with one attached hydrogen (secondary N) is 2. The van der Waals surface area contributed by atoms with Crippen LogP contribution in [0.5, 0.6) is 0 Å². The van der Waals surface area contributed by atoms with E-state index in [-0.39, 0.29) is 37.3 Å². The number of hydrogen-bond acceptors (Lipinski definition) is 6. The van der Waals surface area contributed by atoms with Crippen LogP contribution in [0, 0.1) is 11.6 Å². The number of phosphoric acid groups is 1. The number of alkyl halides is 3. The summed E-state index contributed by atoms with van der Waals surface area (Å²) >= 11 is 6.15. The molecule has 4 N–H and O–H groups in total. The van der Waals surface area contributed by atoms with Crippen LogP contribution in [0.3, 0.4) is 0 Å². The molecule has 2 aromatic carbocycles. The number of piperazine rings is 1. The first-order chi connectivity index (χ1) is 20.6. The van der Waals surface area contributed by atoms with Crippen LogP contribution >= 0.6 is 19.4 Å². The number of benzene rings is 2. The lowest BCUT2D eigenvalue weighted by molar-refractivity contribution is -0.138. The third-order valence-electron chi connectivity index (χ3n) is 7.19. The van der Waals surface area contributed by atoms with Gasteiger partial charge in [0.1, 0.15) is 0 Å². The molecule has 2 aliphatic rings. The van der Waals surface area contributed by atoms with Crippen LogP contribution in [0.2, 0.25) is 5.02 Å². The highest BCUT2D eigenvalue weighted by atomic mass is 35.5. The number of carbonyl (C=O) groups is 2. The van der Waals surface area contributed by atoms with Crippen LogP contribution in [0.1, 0.15) is 28.8 Å². The minimum atomic E-state index is -4.73. The predicted molar refractivity (Wildman–Crippen MR) is 150 cm³/mol. The van der Waals surface area contributed by atoms with Crippen molar-refractivity contribution in [2.45, 2.75) is 31.7 Å². The molecule has 4 rings (SSSR count). The maximum absolute atomic E-state index is 15.0. The van der Waals surface area contributed by atoms with Crippen LogP contribution in [0.15, 0.2) is 30.3 Å². The number of amides is 3. The molecule has 1 unspecified atom stereocenters. The minimum absolute atomic E-state index is 0.104. The second-order valence-electron chi connectivity index (χ2n) is 10.3. The van der Waals surface area contributed by atoms with E-state index < -0.39 is 62.2 Å². The zero-order valence-corrected chi connectivity index (χ0v) is 24.8. The van der Waals surface area contributed by atoms with E-state index in [1.54, 1.807) is 11.0 Å². The molecule has 11 nitrogen and oxygen atoms in total. The smallest absolute Gasteiger partial charge is 0.367 e. The Labute approximate surface area is 254 Å². The van der Waals surface area contributed by atoms with Crippen molar-refractivity contribution < 1.29 is 50.4 Å². The minimum Gasteiger partial charge on any atom is -0.367 e.